The maximum atomic E-state index is 12.4. The Morgan fingerprint density at radius 1 is 1.12 bits per heavy atom. The highest BCUT2D eigenvalue weighted by Gasteiger charge is 2.25. The average Bonchev–Trinajstić information content (AvgIpc) is 2.57. The summed E-state index contributed by atoms with van der Waals surface area (Å²) in [7, 11) is -3.61. The quantitative estimate of drug-likeness (QED) is 0.894. The molecule has 0 aliphatic carbocycles. The summed E-state index contributed by atoms with van der Waals surface area (Å²) >= 11 is 0. The summed E-state index contributed by atoms with van der Waals surface area (Å²) in [5, 5.41) is 0. The van der Waals surface area contributed by atoms with Gasteiger partial charge in [0.05, 0.1) is 10.6 Å². The van der Waals surface area contributed by atoms with Crippen molar-refractivity contribution in [2.24, 2.45) is 0 Å². The van der Waals surface area contributed by atoms with E-state index in [9.17, 15) is 13.2 Å². The third-order valence-corrected chi connectivity index (χ3v) is 5.44. The molecule has 0 spiro atoms. The Morgan fingerprint density at radius 3 is 2.62 bits per heavy atom. The smallest absolute Gasteiger partial charge is 0.265 e. The fraction of sp³-hybridized carbons (Fsp3) is 0.235. The number of fused-ring (bicyclic) bond motifs is 1. The molecule has 6 nitrogen and oxygen atoms in total. The lowest BCUT2D eigenvalue weighted by Crippen LogP contribution is -2.43. The number of ether oxygens (including phenoxy) is 1. The number of carbonyl (C=O) groups is 1. The summed E-state index contributed by atoms with van der Waals surface area (Å²) < 4.78 is 32.7. The minimum atomic E-state index is -3.61. The van der Waals surface area contributed by atoms with Crippen molar-refractivity contribution in [2.45, 2.75) is 11.8 Å². The Morgan fingerprint density at radius 2 is 1.83 bits per heavy atom. The molecule has 126 valence electrons. The fourth-order valence-electron chi connectivity index (χ4n) is 2.63. The molecule has 0 saturated carbocycles. The van der Waals surface area contributed by atoms with E-state index in [1.807, 2.05) is 12.1 Å². The van der Waals surface area contributed by atoms with Gasteiger partial charge in [-0.15, -0.1) is 0 Å². The summed E-state index contributed by atoms with van der Waals surface area (Å²) in [6.45, 7) is 2.07. The van der Waals surface area contributed by atoms with Gasteiger partial charge in [0.25, 0.3) is 5.91 Å². The van der Waals surface area contributed by atoms with Crippen molar-refractivity contribution in [1.82, 2.24) is 4.72 Å². The lowest BCUT2D eigenvalue weighted by atomic mass is 10.2. The molecule has 2 aromatic carbocycles. The van der Waals surface area contributed by atoms with Crippen LogP contribution in [0.5, 0.6) is 5.75 Å². The number of hydrogen-bond acceptors (Lipinski definition) is 4. The van der Waals surface area contributed by atoms with Crippen LogP contribution < -0.4 is 14.4 Å². The van der Waals surface area contributed by atoms with Crippen LogP contribution in [0, 0.1) is 6.92 Å². The molecule has 0 atom stereocenters. The number of nitrogens with zero attached hydrogens (tertiary/aromatic N) is 1. The number of aryl methyl sites for hydroxylation is 1. The van der Waals surface area contributed by atoms with Crippen LogP contribution in [0.1, 0.15) is 5.56 Å². The highest BCUT2D eigenvalue weighted by Crippen LogP contribution is 2.31. The van der Waals surface area contributed by atoms with Crippen LogP contribution in [0.25, 0.3) is 0 Å². The summed E-state index contributed by atoms with van der Waals surface area (Å²) in [5.41, 5.74) is 1.33. The molecule has 3 rings (SSSR count). The monoisotopic (exact) mass is 346 g/mol. The zero-order valence-electron chi connectivity index (χ0n) is 13.2. The molecule has 1 aliphatic heterocycles. The highest BCUT2D eigenvalue weighted by molar-refractivity contribution is 7.89. The lowest BCUT2D eigenvalue weighted by Gasteiger charge is -2.29. The average molecular weight is 346 g/mol. The van der Waals surface area contributed by atoms with Crippen LogP contribution in [0.15, 0.2) is 53.4 Å². The van der Waals surface area contributed by atoms with E-state index in [0.29, 0.717) is 17.0 Å². The van der Waals surface area contributed by atoms with Gasteiger partial charge < -0.3 is 9.64 Å². The first-order chi connectivity index (χ1) is 11.5. The number of carbonyl (C=O) groups excluding carboxylic acids is 1. The van der Waals surface area contributed by atoms with E-state index in [0.717, 1.165) is 0 Å². The Kier molecular flexibility index (Phi) is 4.55. The first-order valence-corrected chi connectivity index (χ1v) is 9.05. The molecule has 1 heterocycles. The van der Waals surface area contributed by atoms with Gasteiger partial charge in [-0.3, -0.25) is 4.79 Å². The molecule has 2 aromatic rings. The van der Waals surface area contributed by atoms with Gasteiger partial charge in [-0.05, 0) is 30.7 Å². The first kappa shape index (κ1) is 16.5. The van der Waals surface area contributed by atoms with Gasteiger partial charge in [-0.25, -0.2) is 13.1 Å². The third kappa shape index (κ3) is 3.27. The van der Waals surface area contributed by atoms with Crippen molar-refractivity contribution < 1.29 is 17.9 Å². The number of anilines is 1. The summed E-state index contributed by atoms with van der Waals surface area (Å²) in [4.78, 5) is 13.9. The zero-order chi connectivity index (χ0) is 17.2. The van der Waals surface area contributed by atoms with Crippen molar-refractivity contribution in [2.75, 3.05) is 24.6 Å². The maximum Gasteiger partial charge on any atom is 0.265 e. The highest BCUT2D eigenvalue weighted by atomic mass is 32.2. The van der Waals surface area contributed by atoms with Gasteiger partial charge in [0.1, 0.15) is 5.75 Å². The number of nitrogens with one attached hydrogen (secondary N) is 1. The number of sulfonamides is 1. The predicted octanol–water partition coefficient (Wildman–Crippen LogP) is 1.70. The predicted molar refractivity (Wildman–Crippen MR) is 90.7 cm³/mol. The van der Waals surface area contributed by atoms with Crippen molar-refractivity contribution in [3.63, 3.8) is 0 Å². The van der Waals surface area contributed by atoms with Gasteiger partial charge in [0.2, 0.25) is 10.0 Å². The molecule has 7 heteroatoms. The van der Waals surface area contributed by atoms with Crippen LogP contribution in [0.3, 0.4) is 0 Å². The molecule has 1 aliphatic rings. The van der Waals surface area contributed by atoms with Gasteiger partial charge in [-0.1, -0.05) is 30.3 Å². The molecule has 0 bridgehead atoms. The molecule has 0 fully saturated rings. The maximum absolute atomic E-state index is 12.4. The third-order valence-electron chi connectivity index (χ3n) is 3.82. The van der Waals surface area contributed by atoms with E-state index < -0.39 is 10.0 Å². The van der Waals surface area contributed by atoms with Crippen LogP contribution >= 0.6 is 0 Å². The number of amides is 1. The Hall–Kier alpha value is -2.38. The second kappa shape index (κ2) is 6.62. The van der Waals surface area contributed by atoms with Gasteiger partial charge in [-0.2, -0.15) is 0 Å². The fourth-order valence-corrected chi connectivity index (χ4v) is 3.89. The lowest BCUT2D eigenvalue weighted by molar-refractivity contribution is -0.121. The number of benzene rings is 2. The molecule has 1 N–H and O–H groups in total. The second-order valence-electron chi connectivity index (χ2n) is 5.47. The normalized spacial score (nSPS) is 14.2. The SMILES string of the molecule is Cc1ccccc1S(=O)(=O)NCCN1C(=O)COc2ccccc21. The zero-order valence-corrected chi connectivity index (χ0v) is 14.0. The first-order valence-electron chi connectivity index (χ1n) is 7.56. The van der Waals surface area contributed by atoms with Crippen molar-refractivity contribution in [3.8, 4) is 5.75 Å². The number of hydrogen-bond donors (Lipinski definition) is 1. The van der Waals surface area contributed by atoms with E-state index in [-0.39, 0.29) is 30.5 Å². The molecule has 1 amide bonds. The molecule has 0 unspecified atom stereocenters. The Balaban J connectivity index is 1.71. The van der Waals surface area contributed by atoms with Gasteiger partial charge >= 0.3 is 0 Å². The van der Waals surface area contributed by atoms with Gasteiger partial charge in [0.15, 0.2) is 6.61 Å². The van der Waals surface area contributed by atoms with E-state index >= 15 is 0 Å². The van der Waals surface area contributed by atoms with Crippen LogP contribution in [-0.4, -0.2) is 34.0 Å². The van der Waals surface area contributed by atoms with E-state index in [1.54, 1.807) is 48.2 Å². The number of para-hydroxylation sites is 2. The van der Waals surface area contributed by atoms with Crippen LogP contribution in [-0.2, 0) is 14.8 Å². The van der Waals surface area contributed by atoms with Crippen LogP contribution in [0.2, 0.25) is 0 Å². The van der Waals surface area contributed by atoms with Crippen molar-refractivity contribution >= 4 is 21.6 Å². The number of rotatable bonds is 5. The minimum Gasteiger partial charge on any atom is -0.482 e. The van der Waals surface area contributed by atoms with Crippen LogP contribution in [0.4, 0.5) is 5.69 Å². The van der Waals surface area contributed by atoms with E-state index in [2.05, 4.69) is 4.72 Å². The minimum absolute atomic E-state index is 0.0401. The summed E-state index contributed by atoms with van der Waals surface area (Å²) in [5.74, 6) is 0.433. The Labute approximate surface area is 141 Å². The van der Waals surface area contributed by atoms with Crippen molar-refractivity contribution in [3.05, 3.63) is 54.1 Å². The molecular weight excluding hydrogens is 328 g/mol. The summed E-state index contributed by atoms with van der Waals surface area (Å²) in [6, 6.07) is 14.0. The molecule has 0 saturated heterocycles. The second-order valence-corrected chi connectivity index (χ2v) is 7.20. The largest absolute Gasteiger partial charge is 0.482 e. The Bertz CT molecular complexity index is 864. The molecular formula is C17H18N2O4S. The van der Waals surface area contributed by atoms with E-state index in [1.165, 1.54) is 0 Å². The van der Waals surface area contributed by atoms with Gasteiger partial charge in [0, 0.05) is 13.1 Å². The topological polar surface area (TPSA) is 75.7 Å². The summed E-state index contributed by atoms with van der Waals surface area (Å²) in [6.07, 6.45) is 0. The molecule has 24 heavy (non-hydrogen) atoms. The molecule has 0 radical (unpaired) electrons. The van der Waals surface area contributed by atoms with Crippen molar-refractivity contribution in [1.29, 1.82) is 0 Å². The molecule has 0 aromatic heterocycles. The standard InChI is InChI=1S/C17H18N2O4S/c1-13-6-2-5-9-16(13)24(21,22)18-10-11-19-14-7-3-4-8-15(14)23-12-17(19)20/h2-9,18H,10-12H2,1H3. The van der Waals surface area contributed by atoms with E-state index in [4.69, 9.17) is 4.74 Å².